The smallest absolute Gasteiger partial charge is 0.271 e. The van der Waals surface area contributed by atoms with E-state index in [1.807, 2.05) is 6.07 Å². The van der Waals surface area contributed by atoms with E-state index >= 15 is 0 Å². The quantitative estimate of drug-likeness (QED) is 0.426. The molecule has 5 nitrogen and oxygen atoms in total. The van der Waals surface area contributed by atoms with E-state index in [4.69, 9.17) is 12.2 Å². The second kappa shape index (κ2) is 6.04. The molecule has 0 aliphatic heterocycles. The summed E-state index contributed by atoms with van der Waals surface area (Å²) < 4.78 is 0. The summed E-state index contributed by atoms with van der Waals surface area (Å²) in [6.45, 7) is 0. The molecule has 86 valence electrons. The topological polar surface area (TPSA) is 73.4 Å². The fourth-order valence-corrected chi connectivity index (χ4v) is 1.09. The molecule has 1 amide bonds. The van der Waals surface area contributed by atoms with E-state index in [1.54, 1.807) is 31.3 Å². The Kier molecular flexibility index (Phi) is 4.68. The maximum Gasteiger partial charge on any atom is 0.271 e. The van der Waals surface area contributed by atoms with E-state index in [0.717, 1.165) is 0 Å². The molecule has 1 aromatic carbocycles. The van der Waals surface area contributed by atoms with Gasteiger partial charge in [0.05, 0.1) is 0 Å². The van der Waals surface area contributed by atoms with Gasteiger partial charge in [-0.25, -0.2) is 0 Å². The van der Waals surface area contributed by atoms with Crippen LogP contribution in [0.4, 0.5) is 0 Å². The summed E-state index contributed by atoms with van der Waals surface area (Å²) in [6.07, 6.45) is -1.21. The average molecular weight is 239 g/mol. The third-order valence-electron chi connectivity index (χ3n) is 1.89. The molecular weight excluding hydrogens is 226 g/mol. The molecule has 1 atom stereocenters. The molecule has 0 radical (unpaired) electrons. The van der Waals surface area contributed by atoms with Crippen molar-refractivity contribution >= 4 is 23.2 Å². The zero-order chi connectivity index (χ0) is 12.0. The lowest BCUT2D eigenvalue weighted by Gasteiger charge is -2.13. The van der Waals surface area contributed by atoms with Crippen LogP contribution in [0.15, 0.2) is 30.3 Å². The van der Waals surface area contributed by atoms with Crippen molar-refractivity contribution < 1.29 is 9.90 Å². The number of aliphatic hydroxyl groups is 1. The number of amides is 1. The van der Waals surface area contributed by atoms with Crippen LogP contribution in [0.25, 0.3) is 0 Å². The minimum atomic E-state index is -1.21. The average Bonchev–Trinajstić information content (AvgIpc) is 2.35. The van der Waals surface area contributed by atoms with Gasteiger partial charge in [-0.1, -0.05) is 30.3 Å². The van der Waals surface area contributed by atoms with Crippen molar-refractivity contribution in [3.05, 3.63) is 35.9 Å². The van der Waals surface area contributed by atoms with E-state index in [9.17, 15) is 9.90 Å². The summed E-state index contributed by atoms with van der Waals surface area (Å²) >= 11 is 4.76. The van der Waals surface area contributed by atoms with Crippen LogP contribution in [0.2, 0.25) is 0 Å². The summed E-state index contributed by atoms with van der Waals surface area (Å²) in [5.74, 6) is -0.566. The van der Waals surface area contributed by atoms with Crippen molar-refractivity contribution in [2.45, 2.75) is 6.10 Å². The predicted octanol–water partition coefficient (Wildman–Crippen LogP) is -0.155. The lowest BCUT2D eigenvalue weighted by molar-refractivity contribution is -0.130. The zero-order valence-corrected chi connectivity index (χ0v) is 9.54. The lowest BCUT2D eigenvalue weighted by Crippen LogP contribution is -2.47. The Labute approximate surface area is 98.8 Å². The molecule has 1 aromatic rings. The molecule has 1 rings (SSSR count). The summed E-state index contributed by atoms with van der Waals surface area (Å²) in [4.78, 5) is 11.5. The number of thiocarbonyl (C=S) groups is 1. The van der Waals surface area contributed by atoms with Gasteiger partial charge in [-0.05, 0) is 17.8 Å². The Bertz CT molecular complexity index is 370. The Morgan fingerprint density at radius 3 is 2.50 bits per heavy atom. The number of hydrogen-bond donors (Lipinski definition) is 4. The first-order valence-electron chi connectivity index (χ1n) is 4.65. The largest absolute Gasteiger partial charge is 0.378 e. The van der Waals surface area contributed by atoms with Crippen LogP contribution < -0.4 is 16.2 Å². The standard InChI is InChI=1S/C10H13N3O2S/c1-11-10(16)13-12-9(15)8(14)7-5-3-2-4-6-7/h2-6,8,14H,1H3,(H,12,15)(H2,11,13,16)/t8-/m1/s1. The van der Waals surface area contributed by atoms with Crippen LogP contribution in [-0.4, -0.2) is 23.2 Å². The highest BCUT2D eigenvalue weighted by Crippen LogP contribution is 2.11. The number of carbonyl (C=O) groups excluding carboxylic acids is 1. The van der Waals surface area contributed by atoms with Crippen LogP contribution in [-0.2, 0) is 4.79 Å². The molecular formula is C10H13N3O2S. The molecule has 0 aliphatic carbocycles. The van der Waals surface area contributed by atoms with Gasteiger partial charge in [0.15, 0.2) is 11.2 Å². The zero-order valence-electron chi connectivity index (χ0n) is 8.73. The molecule has 0 unspecified atom stereocenters. The van der Waals surface area contributed by atoms with E-state index in [2.05, 4.69) is 16.2 Å². The Balaban J connectivity index is 2.52. The van der Waals surface area contributed by atoms with E-state index in [-0.39, 0.29) is 5.11 Å². The van der Waals surface area contributed by atoms with E-state index in [1.165, 1.54) is 0 Å². The van der Waals surface area contributed by atoms with Crippen molar-refractivity contribution in [3.63, 3.8) is 0 Å². The lowest BCUT2D eigenvalue weighted by atomic mass is 10.1. The fraction of sp³-hybridized carbons (Fsp3) is 0.200. The van der Waals surface area contributed by atoms with Crippen molar-refractivity contribution in [1.82, 2.24) is 16.2 Å². The molecule has 0 spiro atoms. The molecule has 0 saturated heterocycles. The number of aliphatic hydroxyl groups excluding tert-OH is 1. The molecule has 0 heterocycles. The van der Waals surface area contributed by atoms with Gasteiger partial charge in [-0.2, -0.15) is 0 Å². The number of nitrogens with one attached hydrogen (secondary N) is 3. The Hall–Kier alpha value is -1.66. The monoisotopic (exact) mass is 239 g/mol. The fourth-order valence-electron chi connectivity index (χ4n) is 1.04. The van der Waals surface area contributed by atoms with Gasteiger partial charge in [0.25, 0.3) is 5.91 Å². The van der Waals surface area contributed by atoms with Crippen LogP contribution in [0, 0.1) is 0 Å². The van der Waals surface area contributed by atoms with Crippen molar-refractivity contribution in [2.75, 3.05) is 7.05 Å². The highest BCUT2D eigenvalue weighted by atomic mass is 32.1. The number of rotatable bonds is 2. The number of benzene rings is 1. The molecule has 0 aromatic heterocycles. The first kappa shape index (κ1) is 12.4. The molecule has 6 heteroatoms. The SMILES string of the molecule is CNC(=S)NNC(=O)[C@H](O)c1ccccc1. The molecule has 0 aliphatic rings. The van der Waals surface area contributed by atoms with E-state index in [0.29, 0.717) is 5.56 Å². The van der Waals surface area contributed by atoms with Gasteiger partial charge in [-0.3, -0.25) is 15.6 Å². The minimum absolute atomic E-state index is 0.272. The van der Waals surface area contributed by atoms with Crippen LogP contribution >= 0.6 is 12.2 Å². The maximum absolute atomic E-state index is 11.5. The molecule has 0 bridgehead atoms. The first-order chi connectivity index (χ1) is 7.65. The van der Waals surface area contributed by atoms with Gasteiger partial charge in [0.1, 0.15) is 0 Å². The summed E-state index contributed by atoms with van der Waals surface area (Å²) in [5.41, 5.74) is 5.26. The predicted molar refractivity (Wildman–Crippen MR) is 64.3 cm³/mol. The number of hydrazine groups is 1. The normalized spacial score (nSPS) is 11.4. The maximum atomic E-state index is 11.5. The van der Waals surface area contributed by atoms with Crippen LogP contribution in [0.5, 0.6) is 0 Å². The molecule has 4 N–H and O–H groups in total. The van der Waals surface area contributed by atoms with Crippen LogP contribution in [0.3, 0.4) is 0 Å². The summed E-state index contributed by atoms with van der Waals surface area (Å²) in [7, 11) is 1.62. The van der Waals surface area contributed by atoms with Gasteiger partial charge >= 0.3 is 0 Å². The van der Waals surface area contributed by atoms with Gasteiger partial charge in [-0.15, -0.1) is 0 Å². The second-order valence-electron chi connectivity index (χ2n) is 3.01. The highest BCUT2D eigenvalue weighted by Gasteiger charge is 2.16. The molecule has 16 heavy (non-hydrogen) atoms. The molecule has 0 saturated carbocycles. The first-order valence-corrected chi connectivity index (χ1v) is 5.06. The van der Waals surface area contributed by atoms with Crippen molar-refractivity contribution in [1.29, 1.82) is 0 Å². The number of hydrogen-bond acceptors (Lipinski definition) is 3. The van der Waals surface area contributed by atoms with Gasteiger partial charge in [0, 0.05) is 7.05 Å². The third-order valence-corrected chi connectivity index (χ3v) is 2.20. The van der Waals surface area contributed by atoms with Gasteiger partial charge < -0.3 is 10.4 Å². The second-order valence-corrected chi connectivity index (χ2v) is 3.41. The minimum Gasteiger partial charge on any atom is -0.378 e. The van der Waals surface area contributed by atoms with Crippen molar-refractivity contribution in [3.8, 4) is 0 Å². The highest BCUT2D eigenvalue weighted by molar-refractivity contribution is 7.80. The summed E-state index contributed by atoms with van der Waals surface area (Å²) in [6, 6.07) is 8.64. The van der Waals surface area contributed by atoms with Crippen LogP contribution in [0.1, 0.15) is 11.7 Å². The molecule has 0 fully saturated rings. The summed E-state index contributed by atoms with van der Waals surface area (Å²) in [5, 5.41) is 12.6. The van der Waals surface area contributed by atoms with Gasteiger partial charge in [0.2, 0.25) is 0 Å². The van der Waals surface area contributed by atoms with Crippen molar-refractivity contribution in [2.24, 2.45) is 0 Å². The Morgan fingerprint density at radius 1 is 1.31 bits per heavy atom. The Morgan fingerprint density at radius 2 is 1.94 bits per heavy atom. The van der Waals surface area contributed by atoms with E-state index < -0.39 is 12.0 Å². The third kappa shape index (κ3) is 3.48. The number of carbonyl (C=O) groups is 1.